The van der Waals surface area contributed by atoms with E-state index in [1.807, 2.05) is 19.1 Å². The molecule has 0 bridgehead atoms. The third kappa shape index (κ3) is 6.21. The average molecular weight is 402 g/mol. The van der Waals surface area contributed by atoms with Gasteiger partial charge in [-0.05, 0) is 56.5 Å². The van der Waals surface area contributed by atoms with Crippen LogP contribution in [0.2, 0.25) is 0 Å². The minimum absolute atomic E-state index is 0.145. The highest BCUT2D eigenvalue weighted by atomic mass is 16.3. The molecule has 0 saturated carbocycles. The summed E-state index contributed by atoms with van der Waals surface area (Å²) in [6, 6.07) is 19.0. The second-order valence-corrected chi connectivity index (χ2v) is 7.24. The average Bonchev–Trinajstić information content (AvgIpc) is 3.25. The first-order chi connectivity index (χ1) is 14.5. The fraction of sp³-hybridized carbons (Fsp3) is 0.200. The van der Waals surface area contributed by atoms with Crippen LogP contribution in [0.1, 0.15) is 39.2 Å². The smallest absolute Gasteiger partial charge is 0.267 e. The number of hydrogen-bond acceptors (Lipinski definition) is 3. The summed E-state index contributed by atoms with van der Waals surface area (Å²) < 4.78 is 5.31. The fourth-order valence-corrected chi connectivity index (χ4v) is 3.00. The first-order valence-electron chi connectivity index (χ1n) is 9.98. The van der Waals surface area contributed by atoms with Crippen molar-refractivity contribution in [3.8, 4) is 0 Å². The predicted molar refractivity (Wildman–Crippen MR) is 118 cm³/mol. The van der Waals surface area contributed by atoms with E-state index in [-0.39, 0.29) is 17.5 Å². The normalized spacial score (nSPS) is 11.2. The number of carbonyl (C=O) groups excluding carboxylic acids is 2. The number of benzene rings is 2. The van der Waals surface area contributed by atoms with Crippen LogP contribution >= 0.6 is 0 Å². The molecule has 0 fully saturated rings. The SMILES string of the molecule is Cc1ccc(CCCNC(=O)/C(=C/c2ccco2)NC(=O)c2cccc(C)c2)cc1. The first-order valence-corrected chi connectivity index (χ1v) is 9.98. The standard InChI is InChI=1S/C25H26N2O3/c1-18-10-12-20(13-11-18)7-4-14-26-25(29)23(17-22-9-5-15-30-22)27-24(28)21-8-3-6-19(2)16-21/h3,5-6,8-13,15-17H,4,7,14H2,1-2H3,(H,26,29)(H,27,28)/b23-17-. The van der Waals surface area contributed by atoms with E-state index in [2.05, 4.69) is 41.8 Å². The minimum Gasteiger partial charge on any atom is -0.465 e. The maximum atomic E-state index is 12.7. The van der Waals surface area contributed by atoms with Crippen LogP contribution in [-0.2, 0) is 11.2 Å². The van der Waals surface area contributed by atoms with Crippen molar-refractivity contribution < 1.29 is 14.0 Å². The van der Waals surface area contributed by atoms with Crippen molar-refractivity contribution in [2.45, 2.75) is 26.7 Å². The van der Waals surface area contributed by atoms with E-state index in [9.17, 15) is 9.59 Å². The zero-order valence-corrected chi connectivity index (χ0v) is 17.3. The molecule has 3 aromatic rings. The van der Waals surface area contributed by atoms with Gasteiger partial charge in [0.05, 0.1) is 6.26 Å². The first kappa shape index (κ1) is 21.1. The molecule has 1 heterocycles. The minimum atomic E-state index is -0.351. The zero-order chi connectivity index (χ0) is 21.3. The Labute approximate surface area is 176 Å². The largest absolute Gasteiger partial charge is 0.465 e. The lowest BCUT2D eigenvalue weighted by Crippen LogP contribution is -2.35. The van der Waals surface area contributed by atoms with Crippen molar-refractivity contribution in [3.63, 3.8) is 0 Å². The summed E-state index contributed by atoms with van der Waals surface area (Å²) in [6.45, 7) is 4.47. The van der Waals surface area contributed by atoms with Crippen LogP contribution in [-0.4, -0.2) is 18.4 Å². The van der Waals surface area contributed by atoms with E-state index in [4.69, 9.17) is 4.42 Å². The molecule has 0 unspecified atom stereocenters. The van der Waals surface area contributed by atoms with Gasteiger partial charge in [-0.1, -0.05) is 47.5 Å². The summed E-state index contributed by atoms with van der Waals surface area (Å²) in [5.41, 5.74) is 4.07. The lowest BCUT2D eigenvalue weighted by Gasteiger charge is -2.11. The van der Waals surface area contributed by atoms with Crippen molar-refractivity contribution in [3.05, 3.63) is 101 Å². The number of hydrogen-bond donors (Lipinski definition) is 2. The molecule has 5 heteroatoms. The third-order valence-corrected chi connectivity index (χ3v) is 4.65. The molecule has 0 aliphatic carbocycles. The second kappa shape index (κ2) is 10.3. The van der Waals surface area contributed by atoms with Crippen LogP contribution in [0.5, 0.6) is 0 Å². The van der Waals surface area contributed by atoms with E-state index >= 15 is 0 Å². The van der Waals surface area contributed by atoms with Crippen LogP contribution in [0.25, 0.3) is 6.08 Å². The van der Waals surface area contributed by atoms with Gasteiger partial charge in [-0.25, -0.2) is 0 Å². The molecule has 2 N–H and O–H groups in total. The Bertz CT molecular complexity index is 1020. The van der Waals surface area contributed by atoms with Gasteiger partial charge < -0.3 is 15.1 Å². The van der Waals surface area contributed by atoms with Crippen LogP contribution in [0.3, 0.4) is 0 Å². The highest BCUT2D eigenvalue weighted by molar-refractivity contribution is 6.05. The molecule has 0 aliphatic rings. The molecule has 0 aliphatic heterocycles. The van der Waals surface area contributed by atoms with Crippen LogP contribution < -0.4 is 10.6 Å². The van der Waals surface area contributed by atoms with Crippen LogP contribution in [0.15, 0.2) is 77.0 Å². The number of aryl methyl sites for hydroxylation is 3. The quantitative estimate of drug-likeness (QED) is 0.433. The highest BCUT2D eigenvalue weighted by Gasteiger charge is 2.15. The second-order valence-electron chi connectivity index (χ2n) is 7.24. The maximum Gasteiger partial charge on any atom is 0.267 e. The monoisotopic (exact) mass is 402 g/mol. The molecule has 0 spiro atoms. The van der Waals surface area contributed by atoms with Gasteiger partial charge in [-0.2, -0.15) is 0 Å². The summed E-state index contributed by atoms with van der Waals surface area (Å²) in [6.07, 6.45) is 4.72. The molecule has 30 heavy (non-hydrogen) atoms. The number of furan rings is 1. The van der Waals surface area contributed by atoms with Gasteiger partial charge in [-0.3, -0.25) is 9.59 Å². The molecule has 0 radical (unpaired) electrons. The van der Waals surface area contributed by atoms with Crippen molar-refractivity contribution in [1.82, 2.24) is 10.6 Å². The van der Waals surface area contributed by atoms with Gasteiger partial charge in [-0.15, -0.1) is 0 Å². The summed E-state index contributed by atoms with van der Waals surface area (Å²) in [4.78, 5) is 25.3. The maximum absolute atomic E-state index is 12.7. The van der Waals surface area contributed by atoms with E-state index in [0.717, 1.165) is 18.4 Å². The van der Waals surface area contributed by atoms with Crippen molar-refractivity contribution in [2.24, 2.45) is 0 Å². The predicted octanol–water partition coefficient (Wildman–Crippen LogP) is 4.42. The van der Waals surface area contributed by atoms with Crippen molar-refractivity contribution in [2.75, 3.05) is 6.54 Å². The Morgan fingerprint density at radius 3 is 2.47 bits per heavy atom. The molecular weight excluding hydrogens is 376 g/mol. The van der Waals surface area contributed by atoms with Gasteiger partial charge in [0, 0.05) is 18.2 Å². The summed E-state index contributed by atoms with van der Waals surface area (Å²) in [5, 5.41) is 5.59. The Hall–Kier alpha value is -3.60. The number of rotatable bonds is 8. The van der Waals surface area contributed by atoms with E-state index in [1.165, 1.54) is 23.5 Å². The topological polar surface area (TPSA) is 71.3 Å². The molecule has 0 atom stereocenters. The van der Waals surface area contributed by atoms with Gasteiger partial charge in [0.1, 0.15) is 11.5 Å². The Kier molecular flexibility index (Phi) is 7.22. The van der Waals surface area contributed by atoms with Crippen LogP contribution in [0.4, 0.5) is 0 Å². The summed E-state index contributed by atoms with van der Waals surface area (Å²) in [5.74, 6) is -0.202. The summed E-state index contributed by atoms with van der Waals surface area (Å²) in [7, 11) is 0. The van der Waals surface area contributed by atoms with Gasteiger partial charge in [0.2, 0.25) is 0 Å². The Balaban J connectivity index is 1.62. The highest BCUT2D eigenvalue weighted by Crippen LogP contribution is 2.09. The van der Waals surface area contributed by atoms with Crippen LogP contribution in [0, 0.1) is 13.8 Å². The van der Waals surface area contributed by atoms with E-state index < -0.39 is 0 Å². The van der Waals surface area contributed by atoms with E-state index in [1.54, 1.807) is 24.3 Å². The molecule has 5 nitrogen and oxygen atoms in total. The van der Waals surface area contributed by atoms with Crippen molar-refractivity contribution in [1.29, 1.82) is 0 Å². The zero-order valence-electron chi connectivity index (χ0n) is 17.3. The lowest BCUT2D eigenvalue weighted by atomic mass is 10.1. The Morgan fingerprint density at radius 1 is 0.967 bits per heavy atom. The Morgan fingerprint density at radius 2 is 1.77 bits per heavy atom. The molecular formula is C25H26N2O3. The molecule has 154 valence electrons. The molecule has 1 aromatic heterocycles. The molecule has 2 aromatic carbocycles. The molecule has 2 amide bonds. The van der Waals surface area contributed by atoms with E-state index in [0.29, 0.717) is 17.9 Å². The summed E-state index contributed by atoms with van der Waals surface area (Å²) >= 11 is 0. The van der Waals surface area contributed by atoms with Gasteiger partial charge >= 0.3 is 0 Å². The lowest BCUT2D eigenvalue weighted by molar-refractivity contribution is -0.117. The van der Waals surface area contributed by atoms with Gasteiger partial charge in [0.15, 0.2) is 0 Å². The van der Waals surface area contributed by atoms with Crippen molar-refractivity contribution >= 4 is 17.9 Å². The number of nitrogens with one attached hydrogen (secondary N) is 2. The van der Waals surface area contributed by atoms with Gasteiger partial charge in [0.25, 0.3) is 11.8 Å². The molecule has 3 rings (SSSR count). The third-order valence-electron chi connectivity index (χ3n) is 4.65. The number of amides is 2. The molecule has 0 saturated heterocycles. The fourth-order valence-electron chi connectivity index (χ4n) is 3.00. The number of carbonyl (C=O) groups is 2.